The molecule has 2 aliphatic heterocycles. The Kier molecular flexibility index (Phi) is 6.20. The number of nitrogens with one attached hydrogen (secondary N) is 2. The molecule has 0 radical (unpaired) electrons. The number of hydrogen-bond acceptors (Lipinski definition) is 5. The normalized spacial score (nSPS) is 19.4. The Morgan fingerprint density at radius 2 is 1.82 bits per heavy atom. The first-order valence-electron chi connectivity index (χ1n) is 11.1. The van der Waals surface area contributed by atoms with E-state index in [2.05, 4.69) is 10.6 Å². The van der Waals surface area contributed by atoms with Crippen molar-refractivity contribution in [3.8, 4) is 5.75 Å². The van der Waals surface area contributed by atoms with Gasteiger partial charge in [-0.1, -0.05) is 12.1 Å². The van der Waals surface area contributed by atoms with Gasteiger partial charge in [0.05, 0.1) is 10.6 Å². The SMILES string of the molecule is Cc1cc2c(cc1S(=O)(=O)N1CCC(C(=O)Nc3cccc(C)c3C)CC1)O[C@@H](C)C(=O)N2. The number of ether oxygens (including phenoxy) is 1. The standard InChI is InChI=1S/C24H29N3O5S/c1-14-6-5-7-19(16(14)3)25-24(29)18-8-10-27(11-9-18)33(30,31)22-13-21-20(12-15(22)2)26-23(28)17(4)32-21/h5-7,12-13,17-18H,8-11H2,1-4H3,(H,25,29)(H,26,28)/t17-/m0/s1. The Bertz CT molecular complexity index is 1220. The van der Waals surface area contributed by atoms with Crippen molar-refractivity contribution in [1.82, 2.24) is 4.31 Å². The van der Waals surface area contributed by atoms with E-state index in [1.807, 2.05) is 32.0 Å². The van der Waals surface area contributed by atoms with Gasteiger partial charge in [0.2, 0.25) is 15.9 Å². The molecule has 2 N–H and O–H groups in total. The Hall–Kier alpha value is -2.91. The van der Waals surface area contributed by atoms with E-state index in [0.29, 0.717) is 29.8 Å². The third-order valence-electron chi connectivity index (χ3n) is 6.51. The molecule has 2 aromatic rings. The molecule has 0 aliphatic carbocycles. The summed E-state index contributed by atoms with van der Waals surface area (Å²) in [6.45, 7) is 7.80. The second kappa shape index (κ2) is 8.79. The van der Waals surface area contributed by atoms with Gasteiger partial charge in [-0.05, 0) is 69.4 Å². The second-order valence-corrected chi connectivity index (χ2v) is 10.7. The van der Waals surface area contributed by atoms with E-state index < -0.39 is 16.1 Å². The predicted octanol–water partition coefficient (Wildman–Crippen LogP) is 3.37. The van der Waals surface area contributed by atoms with E-state index >= 15 is 0 Å². The van der Waals surface area contributed by atoms with Crippen molar-refractivity contribution in [3.63, 3.8) is 0 Å². The van der Waals surface area contributed by atoms with Gasteiger partial charge in [0.15, 0.2) is 6.10 Å². The molecule has 8 nitrogen and oxygen atoms in total. The molecule has 2 heterocycles. The number of carbonyl (C=O) groups excluding carboxylic acids is 2. The fraction of sp³-hybridized carbons (Fsp3) is 0.417. The van der Waals surface area contributed by atoms with Gasteiger partial charge < -0.3 is 15.4 Å². The number of nitrogens with zero attached hydrogens (tertiary/aromatic N) is 1. The first kappa shape index (κ1) is 23.3. The number of rotatable bonds is 4. The molecule has 2 aliphatic rings. The number of sulfonamides is 1. The van der Waals surface area contributed by atoms with Crippen molar-refractivity contribution in [2.24, 2.45) is 5.92 Å². The minimum Gasteiger partial charge on any atom is -0.479 e. The summed E-state index contributed by atoms with van der Waals surface area (Å²) >= 11 is 0. The first-order valence-corrected chi connectivity index (χ1v) is 12.5. The number of aryl methyl sites for hydroxylation is 2. The van der Waals surface area contributed by atoms with Gasteiger partial charge in [0.1, 0.15) is 5.75 Å². The van der Waals surface area contributed by atoms with Crippen molar-refractivity contribution in [1.29, 1.82) is 0 Å². The highest BCUT2D eigenvalue weighted by Crippen LogP contribution is 2.36. The van der Waals surface area contributed by atoms with Gasteiger partial charge in [0.25, 0.3) is 5.91 Å². The van der Waals surface area contributed by atoms with Crippen LogP contribution >= 0.6 is 0 Å². The van der Waals surface area contributed by atoms with Crippen LogP contribution in [0, 0.1) is 26.7 Å². The lowest BCUT2D eigenvalue weighted by atomic mass is 9.97. The van der Waals surface area contributed by atoms with E-state index in [4.69, 9.17) is 4.74 Å². The predicted molar refractivity (Wildman–Crippen MR) is 126 cm³/mol. The number of benzene rings is 2. The van der Waals surface area contributed by atoms with Crippen LogP contribution in [0.2, 0.25) is 0 Å². The third-order valence-corrected chi connectivity index (χ3v) is 8.55. The fourth-order valence-electron chi connectivity index (χ4n) is 4.24. The fourth-order valence-corrected chi connectivity index (χ4v) is 5.93. The maximum atomic E-state index is 13.4. The number of anilines is 2. The topological polar surface area (TPSA) is 105 Å². The van der Waals surface area contributed by atoms with Crippen LogP contribution in [0.4, 0.5) is 11.4 Å². The largest absolute Gasteiger partial charge is 0.479 e. The van der Waals surface area contributed by atoms with Crippen LogP contribution in [-0.4, -0.2) is 43.7 Å². The van der Waals surface area contributed by atoms with E-state index in [9.17, 15) is 18.0 Å². The van der Waals surface area contributed by atoms with Gasteiger partial charge in [-0.25, -0.2) is 8.42 Å². The summed E-state index contributed by atoms with van der Waals surface area (Å²) in [4.78, 5) is 24.8. The highest BCUT2D eigenvalue weighted by Gasteiger charge is 2.34. The van der Waals surface area contributed by atoms with Crippen LogP contribution in [0.25, 0.3) is 0 Å². The minimum atomic E-state index is -3.77. The molecular formula is C24H29N3O5S. The molecule has 1 fully saturated rings. The number of amides is 2. The van der Waals surface area contributed by atoms with Crippen LogP contribution in [0.3, 0.4) is 0 Å². The van der Waals surface area contributed by atoms with Crippen LogP contribution in [0.15, 0.2) is 35.2 Å². The molecule has 1 atom stereocenters. The number of hydrogen-bond donors (Lipinski definition) is 2. The molecule has 4 rings (SSSR count). The molecule has 0 bridgehead atoms. The quantitative estimate of drug-likeness (QED) is 0.711. The Morgan fingerprint density at radius 1 is 1.12 bits per heavy atom. The molecule has 0 unspecified atom stereocenters. The van der Waals surface area contributed by atoms with E-state index in [-0.39, 0.29) is 35.7 Å². The summed E-state index contributed by atoms with van der Waals surface area (Å²) in [6, 6.07) is 8.89. The van der Waals surface area contributed by atoms with Gasteiger partial charge in [-0.2, -0.15) is 4.31 Å². The van der Waals surface area contributed by atoms with Crippen molar-refractivity contribution in [2.75, 3.05) is 23.7 Å². The van der Waals surface area contributed by atoms with E-state index in [1.165, 1.54) is 10.4 Å². The number of fused-ring (bicyclic) bond motifs is 1. The highest BCUT2D eigenvalue weighted by atomic mass is 32.2. The second-order valence-electron chi connectivity index (χ2n) is 8.78. The molecule has 1 saturated heterocycles. The van der Waals surface area contributed by atoms with E-state index in [1.54, 1.807) is 19.9 Å². The Morgan fingerprint density at radius 3 is 2.52 bits per heavy atom. The molecular weight excluding hydrogens is 442 g/mol. The Balaban J connectivity index is 1.46. The van der Waals surface area contributed by atoms with Crippen LogP contribution < -0.4 is 15.4 Å². The molecule has 0 saturated carbocycles. The molecule has 33 heavy (non-hydrogen) atoms. The molecule has 0 spiro atoms. The zero-order valence-corrected chi connectivity index (χ0v) is 20.1. The lowest BCUT2D eigenvalue weighted by Crippen LogP contribution is -2.41. The van der Waals surface area contributed by atoms with E-state index in [0.717, 1.165) is 16.8 Å². The lowest BCUT2D eigenvalue weighted by molar-refractivity contribution is -0.123. The van der Waals surface area contributed by atoms with Gasteiger partial charge in [-0.15, -0.1) is 0 Å². The smallest absolute Gasteiger partial charge is 0.265 e. The highest BCUT2D eigenvalue weighted by molar-refractivity contribution is 7.89. The van der Waals surface area contributed by atoms with Gasteiger partial charge in [-0.3, -0.25) is 9.59 Å². The number of carbonyl (C=O) groups is 2. The summed E-state index contributed by atoms with van der Waals surface area (Å²) in [5, 5.41) is 5.74. The molecule has 176 valence electrons. The summed E-state index contributed by atoms with van der Waals surface area (Å²) in [5.74, 6) is -0.253. The van der Waals surface area contributed by atoms with Crippen molar-refractivity contribution >= 4 is 33.2 Å². The molecule has 9 heteroatoms. The maximum Gasteiger partial charge on any atom is 0.265 e. The average molecular weight is 472 g/mol. The lowest BCUT2D eigenvalue weighted by Gasteiger charge is -2.31. The Labute approximate surface area is 194 Å². The molecule has 2 aromatic carbocycles. The summed E-state index contributed by atoms with van der Waals surface area (Å²) in [6.07, 6.45) is 0.203. The third kappa shape index (κ3) is 4.47. The maximum absolute atomic E-state index is 13.4. The van der Waals surface area contributed by atoms with Crippen molar-refractivity contribution in [3.05, 3.63) is 47.0 Å². The molecule has 0 aromatic heterocycles. The van der Waals surface area contributed by atoms with Crippen molar-refractivity contribution in [2.45, 2.75) is 51.5 Å². The van der Waals surface area contributed by atoms with Gasteiger partial charge >= 0.3 is 0 Å². The first-order chi connectivity index (χ1) is 15.6. The van der Waals surface area contributed by atoms with Crippen LogP contribution in [0.1, 0.15) is 36.5 Å². The zero-order valence-electron chi connectivity index (χ0n) is 19.3. The van der Waals surface area contributed by atoms with Gasteiger partial charge in [0, 0.05) is 30.8 Å². The minimum absolute atomic E-state index is 0.0798. The molecule has 2 amide bonds. The monoisotopic (exact) mass is 471 g/mol. The van der Waals surface area contributed by atoms with Crippen molar-refractivity contribution < 1.29 is 22.7 Å². The summed E-state index contributed by atoms with van der Waals surface area (Å²) in [5.41, 5.74) is 3.92. The van der Waals surface area contributed by atoms with Crippen LogP contribution in [-0.2, 0) is 19.6 Å². The summed E-state index contributed by atoms with van der Waals surface area (Å²) in [7, 11) is -3.77. The number of piperidine rings is 1. The summed E-state index contributed by atoms with van der Waals surface area (Å²) < 4.78 is 33.8. The van der Waals surface area contributed by atoms with Crippen LogP contribution in [0.5, 0.6) is 5.75 Å². The zero-order chi connectivity index (χ0) is 23.9. The average Bonchev–Trinajstić information content (AvgIpc) is 2.77.